The summed E-state index contributed by atoms with van der Waals surface area (Å²) in [4.78, 5) is 2.63. The number of likely N-dealkylation sites (tertiary alicyclic amines) is 1. The van der Waals surface area contributed by atoms with Crippen LogP contribution < -0.4 is 0 Å². The van der Waals surface area contributed by atoms with E-state index in [0.717, 1.165) is 12.6 Å². The predicted octanol–water partition coefficient (Wildman–Crippen LogP) is 3.67. The molecular formula is C13H18IN. The number of benzene rings is 1. The van der Waals surface area contributed by atoms with Gasteiger partial charge in [-0.15, -0.1) is 0 Å². The Morgan fingerprint density at radius 1 is 1.33 bits per heavy atom. The Bertz CT molecular complexity index is 307. The minimum Gasteiger partial charge on any atom is -0.296 e. The molecule has 1 fully saturated rings. The third-order valence-corrected chi connectivity index (χ3v) is 3.99. The molecule has 0 aliphatic carbocycles. The van der Waals surface area contributed by atoms with Gasteiger partial charge >= 0.3 is 0 Å². The summed E-state index contributed by atoms with van der Waals surface area (Å²) in [7, 11) is 0. The summed E-state index contributed by atoms with van der Waals surface area (Å²) in [6.07, 6.45) is 4.06. The van der Waals surface area contributed by atoms with Gasteiger partial charge in [-0.05, 0) is 66.1 Å². The van der Waals surface area contributed by atoms with Crippen LogP contribution in [0.3, 0.4) is 0 Å². The Labute approximate surface area is 106 Å². The molecule has 0 bridgehead atoms. The molecule has 1 atom stereocenters. The molecule has 1 aliphatic rings. The maximum absolute atomic E-state index is 2.63. The molecule has 0 N–H and O–H groups in total. The molecular weight excluding hydrogens is 297 g/mol. The summed E-state index contributed by atoms with van der Waals surface area (Å²) in [6, 6.07) is 9.74. The fourth-order valence-corrected chi connectivity index (χ4v) is 2.75. The van der Waals surface area contributed by atoms with Gasteiger partial charge in [-0.2, -0.15) is 0 Å². The average Bonchev–Trinajstić information content (AvgIpc) is 2.69. The van der Waals surface area contributed by atoms with Crippen LogP contribution in [0.1, 0.15) is 31.7 Å². The lowest BCUT2D eigenvalue weighted by Gasteiger charge is -2.23. The standard InChI is InChI=1S/C13H18IN/c1-2-13-4-3-9-15(13)10-11-5-7-12(14)8-6-11/h5-8,13H,2-4,9-10H2,1H3. The number of hydrogen-bond donors (Lipinski definition) is 0. The van der Waals surface area contributed by atoms with Crippen molar-refractivity contribution in [2.45, 2.75) is 38.8 Å². The van der Waals surface area contributed by atoms with Gasteiger partial charge in [0.2, 0.25) is 0 Å². The van der Waals surface area contributed by atoms with Crippen LogP contribution in [0, 0.1) is 3.57 Å². The highest BCUT2D eigenvalue weighted by Crippen LogP contribution is 2.22. The van der Waals surface area contributed by atoms with Crippen LogP contribution in [-0.4, -0.2) is 17.5 Å². The van der Waals surface area contributed by atoms with E-state index >= 15 is 0 Å². The van der Waals surface area contributed by atoms with E-state index in [-0.39, 0.29) is 0 Å². The van der Waals surface area contributed by atoms with Gasteiger partial charge in [0, 0.05) is 16.2 Å². The molecule has 1 aromatic rings. The second kappa shape index (κ2) is 5.30. The minimum atomic E-state index is 0.823. The number of nitrogens with zero attached hydrogens (tertiary/aromatic N) is 1. The summed E-state index contributed by atoms with van der Waals surface area (Å²) < 4.78 is 1.32. The molecule has 0 radical (unpaired) electrons. The van der Waals surface area contributed by atoms with E-state index in [1.54, 1.807) is 0 Å². The zero-order chi connectivity index (χ0) is 10.7. The summed E-state index contributed by atoms with van der Waals surface area (Å²) in [6.45, 7) is 4.72. The third-order valence-electron chi connectivity index (χ3n) is 3.27. The SMILES string of the molecule is CCC1CCCN1Cc1ccc(I)cc1. The maximum atomic E-state index is 2.63. The molecule has 1 aromatic carbocycles. The van der Waals surface area contributed by atoms with Crippen molar-refractivity contribution < 1.29 is 0 Å². The molecule has 1 heterocycles. The van der Waals surface area contributed by atoms with E-state index in [9.17, 15) is 0 Å². The second-order valence-corrected chi connectivity index (χ2v) is 5.55. The van der Waals surface area contributed by atoms with Crippen molar-refractivity contribution in [3.8, 4) is 0 Å². The van der Waals surface area contributed by atoms with Crippen molar-refractivity contribution in [1.29, 1.82) is 0 Å². The van der Waals surface area contributed by atoms with Crippen LogP contribution >= 0.6 is 22.6 Å². The van der Waals surface area contributed by atoms with Crippen LogP contribution in [0.2, 0.25) is 0 Å². The lowest BCUT2D eigenvalue weighted by molar-refractivity contribution is 0.240. The highest BCUT2D eigenvalue weighted by molar-refractivity contribution is 14.1. The molecule has 0 amide bonds. The van der Waals surface area contributed by atoms with Crippen LogP contribution in [0.4, 0.5) is 0 Å². The van der Waals surface area contributed by atoms with Crippen molar-refractivity contribution in [3.05, 3.63) is 33.4 Å². The second-order valence-electron chi connectivity index (χ2n) is 4.30. The summed E-state index contributed by atoms with van der Waals surface area (Å²) in [5, 5.41) is 0. The van der Waals surface area contributed by atoms with E-state index < -0.39 is 0 Å². The monoisotopic (exact) mass is 315 g/mol. The van der Waals surface area contributed by atoms with Crippen LogP contribution in [0.5, 0.6) is 0 Å². The Morgan fingerprint density at radius 3 is 2.73 bits per heavy atom. The van der Waals surface area contributed by atoms with E-state index in [0.29, 0.717) is 0 Å². The topological polar surface area (TPSA) is 3.24 Å². The zero-order valence-electron chi connectivity index (χ0n) is 9.25. The summed E-state index contributed by atoms with van der Waals surface area (Å²) in [5.74, 6) is 0. The number of hydrogen-bond acceptors (Lipinski definition) is 1. The van der Waals surface area contributed by atoms with E-state index in [4.69, 9.17) is 0 Å². The zero-order valence-corrected chi connectivity index (χ0v) is 11.4. The summed E-state index contributed by atoms with van der Waals surface area (Å²) in [5.41, 5.74) is 1.45. The first-order chi connectivity index (χ1) is 7.29. The van der Waals surface area contributed by atoms with Crippen molar-refractivity contribution in [3.63, 3.8) is 0 Å². The van der Waals surface area contributed by atoms with Gasteiger partial charge in [-0.3, -0.25) is 4.90 Å². The highest BCUT2D eigenvalue weighted by atomic mass is 127. The fourth-order valence-electron chi connectivity index (χ4n) is 2.39. The Morgan fingerprint density at radius 2 is 2.07 bits per heavy atom. The molecule has 1 unspecified atom stereocenters. The Kier molecular flexibility index (Phi) is 4.03. The van der Waals surface area contributed by atoms with Gasteiger partial charge < -0.3 is 0 Å². The average molecular weight is 315 g/mol. The van der Waals surface area contributed by atoms with Gasteiger partial charge in [0.1, 0.15) is 0 Å². The third kappa shape index (κ3) is 2.94. The fraction of sp³-hybridized carbons (Fsp3) is 0.538. The molecule has 0 aromatic heterocycles. The van der Waals surface area contributed by atoms with Crippen LogP contribution in [-0.2, 0) is 6.54 Å². The molecule has 1 nitrogen and oxygen atoms in total. The largest absolute Gasteiger partial charge is 0.296 e. The van der Waals surface area contributed by atoms with E-state index in [1.807, 2.05) is 0 Å². The van der Waals surface area contributed by atoms with Crippen molar-refractivity contribution in [1.82, 2.24) is 4.90 Å². The first-order valence-electron chi connectivity index (χ1n) is 5.78. The maximum Gasteiger partial charge on any atom is 0.0236 e. The van der Waals surface area contributed by atoms with Crippen molar-refractivity contribution >= 4 is 22.6 Å². The predicted molar refractivity (Wildman–Crippen MR) is 72.9 cm³/mol. The normalized spacial score (nSPS) is 22.1. The van der Waals surface area contributed by atoms with Gasteiger partial charge in [0.05, 0.1) is 0 Å². The molecule has 2 rings (SSSR count). The molecule has 15 heavy (non-hydrogen) atoms. The van der Waals surface area contributed by atoms with Crippen LogP contribution in [0.25, 0.3) is 0 Å². The summed E-state index contributed by atoms with van der Waals surface area (Å²) >= 11 is 2.36. The molecule has 2 heteroatoms. The van der Waals surface area contributed by atoms with Crippen LogP contribution in [0.15, 0.2) is 24.3 Å². The van der Waals surface area contributed by atoms with E-state index in [2.05, 4.69) is 58.7 Å². The van der Waals surface area contributed by atoms with Gasteiger partial charge in [-0.1, -0.05) is 19.1 Å². The Balaban J connectivity index is 1.99. The lowest BCUT2D eigenvalue weighted by atomic mass is 10.1. The molecule has 1 saturated heterocycles. The van der Waals surface area contributed by atoms with Crippen molar-refractivity contribution in [2.24, 2.45) is 0 Å². The first kappa shape index (κ1) is 11.4. The van der Waals surface area contributed by atoms with Gasteiger partial charge in [0.25, 0.3) is 0 Å². The first-order valence-corrected chi connectivity index (χ1v) is 6.86. The molecule has 0 spiro atoms. The lowest BCUT2D eigenvalue weighted by Crippen LogP contribution is -2.28. The van der Waals surface area contributed by atoms with Gasteiger partial charge in [-0.25, -0.2) is 0 Å². The van der Waals surface area contributed by atoms with E-state index in [1.165, 1.54) is 34.9 Å². The van der Waals surface area contributed by atoms with Gasteiger partial charge in [0.15, 0.2) is 0 Å². The Hall–Kier alpha value is -0.0900. The quantitative estimate of drug-likeness (QED) is 0.770. The molecule has 82 valence electrons. The van der Waals surface area contributed by atoms with Crippen molar-refractivity contribution in [2.75, 3.05) is 6.54 Å². The number of rotatable bonds is 3. The smallest absolute Gasteiger partial charge is 0.0236 e. The highest BCUT2D eigenvalue weighted by Gasteiger charge is 2.22. The molecule has 0 saturated carbocycles. The number of halogens is 1. The minimum absolute atomic E-state index is 0.823. The molecule has 1 aliphatic heterocycles.